The smallest absolute Gasteiger partial charge is 0.222 e. The number of terminal acetylenes is 1. The summed E-state index contributed by atoms with van der Waals surface area (Å²) >= 11 is 0. The number of halogens is 1. The zero-order chi connectivity index (χ0) is 23.8. The number of hydrogen-bond donors (Lipinski definition) is 1. The minimum absolute atomic E-state index is 0.134. The van der Waals surface area contributed by atoms with Crippen LogP contribution >= 0.6 is 0 Å². The fraction of sp³-hybridized carbons (Fsp3) is 0.346. The Bertz CT molecular complexity index is 1060. The molecule has 1 N–H and O–H groups in total. The maximum atomic E-state index is 13.4. The number of aromatic nitrogens is 2. The van der Waals surface area contributed by atoms with Gasteiger partial charge < -0.3 is 14.6 Å². The average molecular weight is 452 g/mol. The van der Waals surface area contributed by atoms with Crippen LogP contribution in [0.25, 0.3) is 11.3 Å². The molecule has 0 saturated carbocycles. The zero-order valence-electron chi connectivity index (χ0n) is 19.2. The Balaban J connectivity index is 1.94. The molecule has 0 bridgehead atoms. The van der Waals surface area contributed by atoms with E-state index in [2.05, 4.69) is 24.7 Å². The molecule has 0 spiro atoms. The van der Waals surface area contributed by atoms with Gasteiger partial charge in [-0.1, -0.05) is 36.3 Å². The van der Waals surface area contributed by atoms with Gasteiger partial charge in [0, 0.05) is 31.7 Å². The Kier molecular flexibility index (Phi) is 8.61. The number of ether oxygens (including phenoxy) is 2. The quantitative estimate of drug-likeness (QED) is 0.349. The predicted molar refractivity (Wildman–Crippen MR) is 126 cm³/mol. The predicted octanol–water partition coefficient (Wildman–Crippen LogP) is 4.24. The molecule has 3 rings (SSSR count). The van der Waals surface area contributed by atoms with Crippen molar-refractivity contribution in [2.24, 2.45) is 7.05 Å². The van der Waals surface area contributed by atoms with Crippen molar-refractivity contribution in [1.29, 1.82) is 0 Å². The maximum absolute atomic E-state index is 13.4. The zero-order valence-corrected chi connectivity index (χ0v) is 19.2. The molecular formula is C26H30FN3O3. The highest BCUT2D eigenvalue weighted by molar-refractivity contribution is 5.65. The molecule has 0 amide bonds. The van der Waals surface area contributed by atoms with Gasteiger partial charge in [-0.2, -0.15) is 5.10 Å². The summed E-state index contributed by atoms with van der Waals surface area (Å²) < 4.78 is 26.5. The minimum Gasteiger partial charge on any atom is -0.439 e. The van der Waals surface area contributed by atoms with Gasteiger partial charge in [0.1, 0.15) is 23.9 Å². The van der Waals surface area contributed by atoms with Gasteiger partial charge in [0.25, 0.3) is 0 Å². The van der Waals surface area contributed by atoms with Crippen LogP contribution in [-0.2, 0) is 18.3 Å². The number of benzene rings is 2. The summed E-state index contributed by atoms with van der Waals surface area (Å²) in [6, 6.07) is 15.9. The summed E-state index contributed by atoms with van der Waals surface area (Å²) in [6.45, 7) is 5.32. The number of aliphatic hydroxyl groups is 1. The van der Waals surface area contributed by atoms with E-state index in [9.17, 15) is 9.50 Å². The Morgan fingerprint density at radius 3 is 2.48 bits per heavy atom. The molecule has 0 aliphatic rings. The molecule has 7 heteroatoms. The second-order valence-electron chi connectivity index (χ2n) is 8.07. The highest BCUT2D eigenvalue weighted by atomic mass is 19.1. The molecule has 1 atom stereocenters. The van der Waals surface area contributed by atoms with E-state index < -0.39 is 6.10 Å². The molecule has 0 aliphatic carbocycles. The van der Waals surface area contributed by atoms with E-state index in [4.69, 9.17) is 21.0 Å². The maximum Gasteiger partial charge on any atom is 0.222 e. The number of rotatable bonds is 11. The van der Waals surface area contributed by atoms with Gasteiger partial charge in [0.15, 0.2) is 0 Å². The molecule has 3 aromatic rings. The summed E-state index contributed by atoms with van der Waals surface area (Å²) in [7, 11) is 1.82. The lowest BCUT2D eigenvalue weighted by molar-refractivity contribution is 0.0191. The lowest BCUT2D eigenvalue weighted by atomic mass is 10.1. The summed E-state index contributed by atoms with van der Waals surface area (Å²) in [5.41, 5.74) is 2.62. The highest BCUT2D eigenvalue weighted by Crippen LogP contribution is 2.34. The van der Waals surface area contributed by atoms with Crippen molar-refractivity contribution in [3.8, 4) is 35.2 Å². The molecule has 0 saturated heterocycles. The standard InChI is InChI=1S/C26H30FN3O3/c1-5-15-32-18-22(31)16-30(19(2)3)17-24-25(20-9-7-6-8-10-20)28-29(4)26(24)33-23-13-11-21(27)12-14-23/h1,6-14,19,22,31H,15-18H2,2-4H3/t22-/m0/s1. The highest BCUT2D eigenvalue weighted by Gasteiger charge is 2.24. The van der Waals surface area contributed by atoms with Gasteiger partial charge in [-0.3, -0.25) is 4.90 Å². The van der Waals surface area contributed by atoms with Gasteiger partial charge in [0.05, 0.1) is 18.3 Å². The molecule has 1 aromatic heterocycles. The van der Waals surface area contributed by atoms with Crippen LogP contribution in [0.3, 0.4) is 0 Å². The van der Waals surface area contributed by atoms with E-state index in [-0.39, 0.29) is 25.1 Å². The van der Waals surface area contributed by atoms with Crippen LogP contribution in [0, 0.1) is 18.2 Å². The van der Waals surface area contributed by atoms with Crippen LogP contribution < -0.4 is 4.74 Å². The minimum atomic E-state index is -0.695. The second-order valence-corrected chi connectivity index (χ2v) is 8.07. The molecule has 0 fully saturated rings. The number of nitrogens with zero attached hydrogens (tertiary/aromatic N) is 3. The van der Waals surface area contributed by atoms with Crippen molar-refractivity contribution in [3.63, 3.8) is 0 Å². The largest absolute Gasteiger partial charge is 0.439 e. The first-order valence-electron chi connectivity index (χ1n) is 10.9. The van der Waals surface area contributed by atoms with Crippen LogP contribution in [-0.4, -0.2) is 51.7 Å². The molecule has 2 aromatic carbocycles. The topological polar surface area (TPSA) is 59.8 Å². The summed E-state index contributed by atoms with van der Waals surface area (Å²) in [5.74, 6) is 3.15. The Labute approximate surface area is 194 Å². The third-order valence-corrected chi connectivity index (χ3v) is 5.20. The first-order valence-corrected chi connectivity index (χ1v) is 10.9. The molecule has 33 heavy (non-hydrogen) atoms. The second kappa shape index (κ2) is 11.6. The van der Waals surface area contributed by atoms with Crippen molar-refractivity contribution >= 4 is 0 Å². The molecule has 174 valence electrons. The first kappa shape index (κ1) is 24.5. The van der Waals surface area contributed by atoms with Gasteiger partial charge in [-0.25, -0.2) is 9.07 Å². The summed E-state index contributed by atoms with van der Waals surface area (Å²) in [6.07, 6.45) is 4.52. The van der Waals surface area contributed by atoms with Gasteiger partial charge in [0.2, 0.25) is 5.88 Å². The van der Waals surface area contributed by atoms with E-state index in [1.807, 2.05) is 37.4 Å². The summed E-state index contributed by atoms with van der Waals surface area (Å²) in [5, 5.41) is 15.2. The van der Waals surface area contributed by atoms with E-state index in [1.165, 1.54) is 12.1 Å². The monoisotopic (exact) mass is 451 g/mol. The van der Waals surface area contributed by atoms with Crippen molar-refractivity contribution in [3.05, 3.63) is 66.0 Å². The van der Waals surface area contributed by atoms with E-state index in [0.29, 0.717) is 24.7 Å². The van der Waals surface area contributed by atoms with Crippen LogP contribution in [0.1, 0.15) is 19.4 Å². The lowest BCUT2D eigenvalue weighted by Crippen LogP contribution is -2.39. The molecule has 0 unspecified atom stereocenters. The van der Waals surface area contributed by atoms with E-state index in [0.717, 1.165) is 16.8 Å². The van der Waals surface area contributed by atoms with Gasteiger partial charge >= 0.3 is 0 Å². The first-order chi connectivity index (χ1) is 15.9. The van der Waals surface area contributed by atoms with Crippen LogP contribution in [0.4, 0.5) is 4.39 Å². The fourth-order valence-corrected chi connectivity index (χ4v) is 3.50. The number of aliphatic hydroxyl groups excluding tert-OH is 1. The molecule has 0 aliphatic heterocycles. The Hall–Kier alpha value is -3.18. The van der Waals surface area contributed by atoms with Crippen molar-refractivity contribution in [1.82, 2.24) is 14.7 Å². The van der Waals surface area contributed by atoms with Crippen LogP contribution in [0.2, 0.25) is 0 Å². The van der Waals surface area contributed by atoms with Crippen molar-refractivity contribution in [2.45, 2.75) is 32.5 Å². The molecular weight excluding hydrogens is 421 g/mol. The summed E-state index contributed by atoms with van der Waals surface area (Å²) in [4.78, 5) is 2.13. The number of hydrogen-bond acceptors (Lipinski definition) is 5. The average Bonchev–Trinajstić information content (AvgIpc) is 3.10. The molecule has 0 radical (unpaired) electrons. The van der Waals surface area contributed by atoms with Gasteiger partial charge in [-0.15, -0.1) is 6.42 Å². The van der Waals surface area contributed by atoms with Crippen LogP contribution in [0.15, 0.2) is 54.6 Å². The Morgan fingerprint density at radius 1 is 1.15 bits per heavy atom. The fourth-order valence-electron chi connectivity index (χ4n) is 3.50. The van der Waals surface area contributed by atoms with Crippen molar-refractivity contribution < 1.29 is 19.0 Å². The third kappa shape index (κ3) is 6.65. The van der Waals surface area contributed by atoms with Crippen LogP contribution in [0.5, 0.6) is 11.6 Å². The van der Waals surface area contributed by atoms with Gasteiger partial charge in [-0.05, 0) is 38.1 Å². The lowest BCUT2D eigenvalue weighted by Gasteiger charge is -2.29. The van der Waals surface area contributed by atoms with E-state index >= 15 is 0 Å². The Morgan fingerprint density at radius 2 is 1.85 bits per heavy atom. The molecule has 1 heterocycles. The third-order valence-electron chi connectivity index (χ3n) is 5.20. The SMILES string of the molecule is C#CCOC[C@@H](O)CN(Cc1c(-c2ccccc2)nn(C)c1Oc1ccc(F)cc1)C(C)C. The van der Waals surface area contributed by atoms with Crippen molar-refractivity contribution in [2.75, 3.05) is 19.8 Å². The number of aryl methyl sites for hydroxylation is 1. The van der Waals surface area contributed by atoms with E-state index in [1.54, 1.807) is 16.8 Å². The normalized spacial score (nSPS) is 12.2. The molecule has 6 nitrogen and oxygen atoms in total.